The van der Waals surface area contributed by atoms with Gasteiger partial charge in [-0.1, -0.05) is 23.2 Å². The molecule has 0 radical (unpaired) electrons. The molecule has 11 heteroatoms. The van der Waals surface area contributed by atoms with Crippen LogP contribution in [0.25, 0.3) is 0 Å². The van der Waals surface area contributed by atoms with Crippen molar-refractivity contribution in [3.8, 4) is 0 Å². The zero-order valence-electron chi connectivity index (χ0n) is 7.66. The van der Waals surface area contributed by atoms with Gasteiger partial charge in [-0.3, -0.25) is 9.11 Å². The van der Waals surface area contributed by atoms with Crippen molar-refractivity contribution in [2.24, 2.45) is 0 Å². The van der Waals surface area contributed by atoms with Gasteiger partial charge in [-0.05, 0) is 12.1 Å². The molecule has 98 valence electrons. The summed E-state index contributed by atoms with van der Waals surface area (Å²) in [6, 6.07) is 1.25. The Morgan fingerprint density at radius 1 is 0.824 bits per heavy atom. The topological polar surface area (TPSA) is 109 Å². The third kappa shape index (κ3) is 3.95. The first-order chi connectivity index (χ1) is 7.03. The van der Waals surface area contributed by atoms with Crippen LogP contribution >= 0.6 is 35.6 Å². The van der Waals surface area contributed by atoms with Crippen LogP contribution < -0.4 is 0 Å². The lowest BCUT2D eigenvalue weighted by Gasteiger charge is -2.05. The van der Waals surface area contributed by atoms with Gasteiger partial charge >= 0.3 is 0 Å². The molecule has 0 heterocycles. The number of hydrogen-bond acceptors (Lipinski definition) is 4. The summed E-state index contributed by atoms with van der Waals surface area (Å²) in [7, 11) is -9.40. The lowest BCUT2D eigenvalue weighted by Crippen LogP contribution is -2.04. The smallest absolute Gasteiger partial charge is 0.282 e. The van der Waals surface area contributed by atoms with Crippen molar-refractivity contribution >= 4 is 55.8 Å². The predicted octanol–water partition coefficient (Wildman–Crippen LogP) is 1.91. The van der Waals surface area contributed by atoms with Gasteiger partial charge in [0.15, 0.2) is 0 Å². The Kier molecular flexibility index (Phi) is 5.24. The van der Waals surface area contributed by atoms with E-state index in [0.29, 0.717) is 6.07 Å². The Labute approximate surface area is 113 Å². The summed E-state index contributed by atoms with van der Waals surface area (Å²) in [5, 5.41) is -0.917. The summed E-state index contributed by atoms with van der Waals surface area (Å²) < 4.78 is 60.6. The monoisotopic (exact) mass is 342 g/mol. The number of rotatable bonds is 2. The minimum atomic E-state index is -4.70. The van der Waals surface area contributed by atoms with E-state index in [-0.39, 0.29) is 12.4 Å². The van der Waals surface area contributed by atoms with Crippen LogP contribution in [-0.4, -0.2) is 25.9 Å². The van der Waals surface area contributed by atoms with E-state index in [4.69, 9.17) is 32.3 Å². The maximum absolute atomic E-state index is 10.8. The van der Waals surface area contributed by atoms with E-state index >= 15 is 0 Å². The zero-order valence-corrected chi connectivity index (χ0v) is 11.6. The third-order valence-electron chi connectivity index (χ3n) is 1.54. The Morgan fingerprint density at radius 3 is 1.35 bits per heavy atom. The molecule has 0 saturated carbocycles. The van der Waals surface area contributed by atoms with Crippen LogP contribution in [0.4, 0.5) is 0 Å². The second-order valence-corrected chi connectivity index (χ2v) is 6.26. The van der Waals surface area contributed by atoms with Crippen LogP contribution in [0.1, 0.15) is 0 Å². The highest BCUT2D eigenvalue weighted by atomic mass is 35.5. The van der Waals surface area contributed by atoms with E-state index in [9.17, 15) is 16.8 Å². The number of hydrogen-bond donors (Lipinski definition) is 2. The zero-order chi connectivity index (χ0) is 12.7. The minimum Gasteiger partial charge on any atom is -0.282 e. The third-order valence-corrected chi connectivity index (χ3v) is 4.18. The molecule has 0 bridgehead atoms. The standard InChI is InChI=1S/C6H4Cl2O6S2.ClH/c7-3-1-4(8)6(16(12,13)14)2-5(3)15(9,10)11;/h1-2H,(H,9,10,11)(H,12,13,14);1H. The Hall–Kier alpha value is -0.0900. The van der Waals surface area contributed by atoms with Crippen LogP contribution in [0.3, 0.4) is 0 Å². The summed E-state index contributed by atoms with van der Waals surface area (Å²) in [6.45, 7) is 0. The SMILES string of the molecule is Cl.O=S(=O)(O)c1cc(S(=O)(=O)O)c(Cl)cc1Cl. The average Bonchev–Trinajstić information content (AvgIpc) is 1.97. The second kappa shape index (κ2) is 5.27. The summed E-state index contributed by atoms with van der Waals surface area (Å²) in [4.78, 5) is -1.71. The fraction of sp³-hybridized carbons (Fsp3) is 0. The molecule has 0 amide bonds. The molecule has 0 aliphatic heterocycles. The van der Waals surface area contributed by atoms with Gasteiger partial charge in [0.1, 0.15) is 9.79 Å². The molecule has 0 aromatic heterocycles. The Bertz CT molecular complexity index is 583. The summed E-state index contributed by atoms with van der Waals surface area (Å²) in [6.07, 6.45) is 0. The Morgan fingerprint density at radius 2 is 1.12 bits per heavy atom. The van der Waals surface area contributed by atoms with Gasteiger partial charge in [-0.15, -0.1) is 12.4 Å². The van der Waals surface area contributed by atoms with Gasteiger partial charge in [-0.2, -0.15) is 16.8 Å². The van der Waals surface area contributed by atoms with Crippen LogP contribution in [-0.2, 0) is 20.2 Å². The molecular weight excluding hydrogens is 339 g/mol. The molecular formula is C6H5Cl3O6S2. The molecule has 0 fully saturated rings. The van der Waals surface area contributed by atoms with Crippen LogP contribution in [0.5, 0.6) is 0 Å². The van der Waals surface area contributed by atoms with Crippen LogP contribution in [0.2, 0.25) is 10.0 Å². The van der Waals surface area contributed by atoms with Gasteiger partial charge in [0.05, 0.1) is 10.0 Å². The minimum absolute atomic E-state index is 0. The first kappa shape index (κ1) is 16.9. The van der Waals surface area contributed by atoms with E-state index < -0.39 is 40.1 Å². The lowest BCUT2D eigenvalue weighted by molar-refractivity contribution is 0.481. The highest BCUT2D eigenvalue weighted by Gasteiger charge is 2.22. The fourth-order valence-corrected chi connectivity index (χ4v) is 3.09. The van der Waals surface area contributed by atoms with Gasteiger partial charge in [-0.25, -0.2) is 0 Å². The molecule has 17 heavy (non-hydrogen) atoms. The second-order valence-electron chi connectivity index (χ2n) is 2.66. The molecule has 1 aromatic rings. The first-order valence-corrected chi connectivity index (χ1v) is 7.11. The molecule has 0 aliphatic carbocycles. The van der Waals surface area contributed by atoms with Gasteiger partial charge in [0.25, 0.3) is 20.2 Å². The largest absolute Gasteiger partial charge is 0.296 e. The van der Waals surface area contributed by atoms with E-state index in [1.807, 2.05) is 0 Å². The summed E-state index contributed by atoms with van der Waals surface area (Å²) >= 11 is 10.9. The molecule has 2 N–H and O–H groups in total. The normalized spacial score (nSPS) is 12.0. The van der Waals surface area contributed by atoms with Crippen molar-refractivity contribution in [3.63, 3.8) is 0 Å². The first-order valence-electron chi connectivity index (χ1n) is 3.47. The van der Waals surface area contributed by atoms with Gasteiger partial charge in [0, 0.05) is 0 Å². The average molecular weight is 344 g/mol. The van der Waals surface area contributed by atoms with Crippen molar-refractivity contribution in [3.05, 3.63) is 22.2 Å². The molecule has 0 saturated heterocycles. The van der Waals surface area contributed by atoms with E-state index in [1.165, 1.54) is 0 Å². The quantitative estimate of drug-likeness (QED) is 0.794. The van der Waals surface area contributed by atoms with E-state index in [0.717, 1.165) is 6.07 Å². The van der Waals surface area contributed by atoms with Crippen molar-refractivity contribution in [2.45, 2.75) is 9.79 Å². The molecule has 0 spiro atoms. The van der Waals surface area contributed by atoms with Crippen molar-refractivity contribution < 1.29 is 25.9 Å². The summed E-state index contributed by atoms with van der Waals surface area (Å²) in [5.74, 6) is 0. The molecule has 1 rings (SSSR count). The molecule has 0 atom stereocenters. The molecule has 0 unspecified atom stereocenters. The molecule has 0 aliphatic rings. The molecule has 6 nitrogen and oxygen atoms in total. The highest BCUT2D eigenvalue weighted by molar-refractivity contribution is 7.86. The summed E-state index contributed by atoms with van der Waals surface area (Å²) in [5.41, 5.74) is 0. The maximum atomic E-state index is 10.8. The Balaban J connectivity index is 0.00000256. The lowest BCUT2D eigenvalue weighted by atomic mass is 10.4. The van der Waals surface area contributed by atoms with Gasteiger partial charge < -0.3 is 0 Å². The van der Waals surface area contributed by atoms with E-state index in [1.54, 1.807) is 0 Å². The molecule has 1 aromatic carbocycles. The van der Waals surface area contributed by atoms with Crippen molar-refractivity contribution in [2.75, 3.05) is 0 Å². The van der Waals surface area contributed by atoms with Crippen LogP contribution in [0.15, 0.2) is 21.9 Å². The van der Waals surface area contributed by atoms with Crippen molar-refractivity contribution in [1.29, 1.82) is 0 Å². The van der Waals surface area contributed by atoms with Crippen LogP contribution in [0, 0.1) is 0 Å². The van der Waals surface area contributed by atoms with E-state index in [2.05, 4.69) is 0 Å². The maximum Gasteiger partial charge on any atom is 0.296 e. The van der Waals surface area contributed by atoms with Crippen molar-refractivity contribution in [1.82, 2.24) is 0 Å². The number of halogens is 3. The van der Waals surface area contributed by atoms with Gasteiger partial charge in [0.2, 0.25) is 0 Å². The number of benzene rings is 1. The fourth-order valence-electron chi connectivity index (χ4n) is 0.906. The predicted molar refractivity (Wildman–Crippen MR) is 63.3 cm³/mol. The highest BCUT2D eigenvalue weighted by Crippen LogP contribution is 2.30.